The normalized spacial score (nSPS) is 10.3. The number of halogens is 1. The molecule has 0 radical (unpaired) electrons. The number of aromatic nitrogens is 1. The summed E-state index contributed by atoms with van der Waals surface area (Å²) in [5, 5.41) is 3.12. The summed E-state index contributed by atoms with van der Waals surface area (Å²) in [5.41, 5.74) is 1.21. The molecule has 1 N–H and O–H groups in total. The molecule has 0 bridgehead atoms. The van der Waals surface area contributed by atoms with E-state index in [0.717, 1.165) is 23.4 Å². The highest BCUT2D eigenvalue weighted by Crippen LogP contribution is 2.18. The summed E-state index contributed by atoms with van der Waals surface area (Å²) in [6, 6.07) is 2.08. The van der Waals surface area contributed by atoms with Crippen LogP contribution in [-0.4, -0.2) is 32.2 Å². The Morgan fingerprint density at radius 2 is 2.29 bits per heavy atom. The number of likely N-dealkylation sites (N-methyl/N-ethyl adjacent to an activating group) is 2. The van der Waals surface area contributed by atoms with Gasteiger partial charge < -0.3 is 10.2 Å². The van der Waals surface area contributed by atoms with Crippen LogP contribution in [0, 0.1) is 6.92 Å². The van der Waals surface area contributed by atoms with Gasteiger partial charge in [-0.15, -0.1) is 0 Å². The largest absolute Gasteiger partial charge is 0.358 e. The Morgan fingerprint density at radius 1 is 1.57 bits per heavy atom. The van der Waals surface area contributed by atoms with Gasteiger partial charge in [0, 0.05) is 30.8 Å². The number of anilines is 1. The van der Waals surface area contributed by atoms with E-state index in [1.807, 2.05) is 20.3 Å². The van der Waals surface area contributed by atoms with E-state index in [9.17, 15) is 0 Å². The van der Waals surface area contributed by atoms with Crippen molar-refractivity contribution in [1.29, 1.82) is 0 Å². The van der Waals surface area contributed by atoms with E-state index in [2.05, 4.69) is 44.1 Å². The maximum absolute atomic E-state index is 4.34. The van der Waals surface area contributed by atoms with E-state index in [0.29, 0.717) is 0 Å². The first kappa shape index (κ1) is 11.5. The fourth-order valence-electron chi connectivity index (χ4n) is 1.13. The molecule has 1 rings (SSSR count). The second-order valence-electron chi connectivity index (χ2n) is 3.32. The second-order valence-corrected chi connectivity index (χ2v) is 4.17. The fourth-order valence-corrected chi connectivity index (χ4v) is 1.34. The number of hydrogen-bond donors (Lipinski definition) is 1. The van der Waals surface area contributed by atoms with E-state index in [1.54, 1.807) is 0 Å². The standard InChI is InChI=1S/C10H16BrN3/c1-8-6-10(13-7-9(8)11)14(3)5-4-12-2/h6-7,12H,4-5H2,1-3H3. The van der Waals surface area contributed by atoms with Crippen molar-refractivity contribution in [1.82, 2.24) is 10.3 Å². The molecule has 0 aliphatic rings. The molecule has 1 heterocycles. The SMILES string of the molecule is CNCCN(C)c1cc(C)c(Br)cn1. The Morgan fingerprint density at radius 3 is 2.86 bits per heavy atom. The predicted molar refractivity (Wildman–Crippen MR) is 63.9 cm³/mol. The summed E-state index contributed by atoms with van der Waals surface area (Å²) < 4.78 is 1.06. The van der Waals surface area contributed by atoms with Gasteiger partial charge in [0.1, 0.15) is 5.82 Å². The molecule has 78 valence electrons. The van der Waals surface area contributed by atoms with Gasteiger partial charge in [0.05, 0.1) is 0 Å². The van der Waals surface area contributed by atoms with Gasteiger partial charge in [-0.05, 0) is 41.5 Å². The van der Waals surface area contributed by atoms with Gasteiger partial charge in [-0.2, -0.15) is 0 Å². The van der Waals surface area contributed by atoms with Crippen LogP contribution < -0.4 is 10.2 Å². The molecule has 0 saturated carbocycles. The number of nitrogens with zero attached hydrogens (tertiary/aromatic N) is 2. The van der Waals surface area contributed by atoms with Crippen LogP contribution in [0.15, 0.2) is 16.7 Å². The Kier molecular flexibility index (Phi) is 4.35. The van der Waals surface area contributed by atoms with Gasteiger partial charge in [0.25, 0.3) is 0 Å². The molecule has 0 spiro atoms. The smallest absolute Gasteiger partial charge is 0.128 e. The summed E-state index contributed by atoms with van der Waals surface area (Å²) in [6.07, 6.45) is 1.85. The molecule has 0 fully saturated rings. The van der Waals surface area contributed by atoms with Crippen LogP contribution in [0.3, 0.4) is 0 Å². The van der Waals surface area contributed by atoms with Crippen molar-refractivity contribution < 1.29 is 0 Å². The Labute approximate surface area is 93.7 Å². The number of nitrogens with one attached hydrogen (secondary N) is 1. The van der Waals surface area contributed by atoms with Gasteiger partial charge in [-0.25, -0.2) is 4.98 Å². The minimum atomic E-state index is 0.963. The van der Waals surface area contributed by atoms with Crippen LogP contribution in [0.2, 0.25) is 0 Å². The Balaban J connectivity index is 2.70. The minimum Gasteiger partial charge on any atom is -0.358 e. The summed E-state index contributed by atoms with van der Waals surface area (Å²) in [5.74, 6) is 1.01. The van der Waals surface area contributed by atoms with E-state index < -0.39 is 0 Å². The first-order valence-corrected chi connectivity index (χ1v) is 5.42. The molecular formula is C10H16BrN3. The highest BCUT2D eigenvalue weighted by Gasteiger charge is 2.03. The monoisotopic (exact) mass is 257 g/mol. The van der Waals surface area contributed by atoms with Gasteiger partial charge in [-0.3, -0.25) is 0 Å². The van der Waals surface area contributed by atoms with Gasteiger partial charge >= 0.3 is 0 Å². The minimum absolute atomic E-state index is 0.963. The molecule has 0 atom stereocenters. The van der Waals surface area contributed by atoms with E-state index >= 15 is 0 Å². The molecule has 1 aromatic rings. The molecule has 4 heteroatoms. The quantitative estimate of drug-likeness (QED) is 0.892. The maximum atomic E-state index is 4.34. The van der Waals surface area contributed by atoms with Gasteiger partial charge in [0.15, 0.2) is 0 Å². The van der Waals surface area contributed by atoms with Crippen molar-refractivity contribution >= 4 is 21.7 Å². The fraction of sp³-hybridized carbons (Fsp3) is 0.500. The van der Waals surface area contributed by atoms with Crippen molar-refractivity contribution in [2.75, 3.05) is 32.1 Å². The van der Waals surface area contributed by atoms with Crippen molar-refractivity contribution in [3.05, 3.63) is 22.3 Å². The zero-order chi connectivity index (χ0) is 10.6. The van der Waals surface area contributed by atoms with Crippen LogP contribution in [0.1, 0.15) is 5.56 Å². The van der Waals surface area contributed by atoms with Crippen LogP contribution in [0.25, 0.3) is 0 Å². The van der Waals surface area contributed by atoms with E-state index in [4.69, 9.17) is 0 Å². The Bertz CT molecular complexity index is 301. The average molecular weight is 258 g/mol. The van der Waals surface area contributed by atoms with Crippen molar-refractivity contribution in [2.24, 2.45) is 0 Å². The van der Waals surface area contributed by atoms with Crippen molar-refractivity contribution in [2.45, 2.75) is 6.92 Å². The zero-order valence-corrected chi connectivity index (χ0v) is 10.4. The number of pyridine rings is 1. The lowest BCUT2D eigenvalue weighted by Crippen LogP contribution is -2.27. The second kappa shape index (κ2) is 5.32. The van der Waals surface area contributed by atoms with E-state index in [1.165, 1.54) is 5.56 Å². The third kappa shape index (κ3) is 2.96. The van der Waals surface area contributed by atoms with E-state index in [-0.39, 0.29) is 0 Å². The molecule has 0 aliphatic heterocycles. The first-order valence-electron chi connectivity index (χ1n) is 4.63. The van der Waals surface area contributed by atoms with Crippen molar-refractivity contribution in [3.8, 4) is 0 Å². The van der Waals surface area contributed by atoms with Gasteiger partial charge in [0.2, 0.25) is 0 Å². The zero-order valence-electron chi connectivity index (χ0n) is 8.84. The van der Waals surface area contributed by atoms with Crippen LogP contribution in [-0.2, 0) is 0 Å². The molecule has 0 aliphatic carbocycles. The van der Waals surface area contributed by atoms with Crippen molar-refractivity contribution in [3.63, 3.8) is 0 Å². The predicted octanol–water partition coefficient (Wildman–Crippen LogP) is 1.81. The summed E-state index contributed by atoms with van der Waals surface area (Å²) in [4.78, 5) is 6.48. The summed E-state index contributed by atoms with van der Waals surface area (Å²) in [6.45, 7) is 4.00. The summed E-state index contributed by atoms with van der Waals surface area (Å²) in [7, 11) is 4.00. The number of hydrogen-bond acceptors (Lipinski definition) is 3. The number of aryl methyl sites for hydroxylation is 1. The first-order chi connectivity index (χ1) is 6.65. The molecule has 3 nitrogen and oxygen atoms in total. The van der Waals surface area contributed by atoms with Crippen LogP contribution in [0.5, 0.6) is 0 Å². The molecule has 0 aromatic carbocycles. The average Bonchev–Trinajstić information content (AvgIpc) is 2.18. The lowest BCUT2D eigenvalue weighted by molar-refractivity contribution is 0.761. The lowest BCUT2D eigenvalue weighted by Gasteiger charge is -2.18. The maximum Gasteiger partial charge on any atom is 0.128 e. The molecule has 14 heavy (non-hydrogen) atoms. The molecule has 0 amide bonds. The highest BCUT2D eigenvalue weighted by atomic mass is 79.9. The molecule has 0 unspecified atom stereocenters. The molecular weight excluding hydrogens is 242 g/mol. The van der Waals surface area contributed by atoms with Gasteiger partial charge in [-0.1, -0.05) is 0 Å². The topological polar surface area (TPSA) is 28.2 Å². The van der Waals surface area contributed by atoms with Crippen LogP contribution in [0.4, 0.5) is 5.82 Å². The third-order valence-corrected chi connectivity index (χ3v) is 2.95. The molecule has 1 aromatic heterocycles. The Hall–Kier alpha value is -0.610. The third-order valence-electron chi connectivity index (χ3n) is 2.12. The highest BCUT2D eigenvalue weighted by molar-refractivity contribution is 9.10. The molecule has 0 saturated heterocycles. The number of rotatable bonds is 4. The lowest BCUT2D eigenvalue weighted by atomic mass is 10.3. The van der Waals surface area contributed by atoms with Crippen LogP contribution >= 0.6 is 15.9 Å². The summed E-state index contributed by atoms with van der Waals surface area (Å²) >= 11 is 3.44.